The number of carbonyl (C=O) groups excluding carboxylic acids is 2. The van der Waals surface area contributed by atoms with Gasteiger partial charge in [-0.2, -0.15) is 0 Å². The maximum atomic E-state index is 13.4. The molecule has 1 aromatic heterocycles. The zero-order valence-corrected chi connectivity index (χ0v) is 25.9. The lowest BCUT2D eigenvalue weighted by Crippen LogP contribution is -2.26. The molecule has 1 aliphatic rings. The number of ether oxygens (including phenoxy) is 4. The Bertz CT molecular complexity index is 1540. The van der Waals surface area contributed by atoms with Gasteiger partial charge in [-0.1, -0.05) is 12.5 Å². The maximum absolute atomic E-state index is 13.4. The quantitative estimate of drug-likeness (QED) is 0.233. The van der Waals surface area contributed by atoms with Crippen LogP contribution in [-0.2, 0) is 16.0 Å². The molecule has 1 atom stereocenters. The van der Waals surface area contributed by atoms with Crippen molar-refractivity contribution >= 4 is 23.2 Å². The third-order valence-electron chi connectivity index (χ3n) is 7.54. The Morgan fingerprint density at radius 1 is 0.932 bits per heavy atom. The van der Waals surface area contributed by atoms with Gasteiger partial charge in [0.15, 0.2) is 11.5 Å². The number of nitrogens with one attached hydrogen (secondary N) is 3. The minimum absolute atomic E-state index is 0.0814. The Balaban J connectivity index is 1.49. The van der Waals surface area contributed by atoms with Crippen molar-refractivity contribution in [1.29, 1.82) is 0 Å². The summed E-state index contributed by atoms with van der Waals surface area (Å²) < 4.78 is 22.1. The van der Waals surface area contributed by atoms with Crippen molar-refractivity contribution < 1.29 is 28.5 Å². The lowest BCUT2D eigenvalue weighted by atomic mass is 9.95. The number of hydrogen-bond acceptors (Lipinski definition) is 9. The molecule has 11 heteroatoms. The van der Waals surface area contributed by atoms with Gasteiger partial charge in [0.1, 0.15) is 0 Å². The van der Waals surface area contributed by atoms with Gasteiger partial charge < -0.3 is 34.9 Å². The van der Waals surface area contributed by atoms with Crippen molar-refractivity contribution in [1.82, 2.24) is 10.3 Å². The maximum Gasteiger partial charge on any atom is 0.224 e. The SMILES string of the molecule is COc1ccc(NC(=O)CCCCCNc2ccc3c(cc2=O)[C@@H](NC(C)=O)CCc2cc(OC)c(OC)c(OC)c2-3)cn1. The van der Waals surface area contributed by atoms with Gasteiger partial charge in [-0.05, 0) is 66.6 Å². The molecule has 0 bridgehead atoms. The van der Waals surface area contributed by atoms with Crippen LogP contribution in [0.1, 0.15) is 56.2 Å². The zero-order valence-electron chi connectivity index (χ0n) is 25.9. The molecule has 0 saturated heterocycles. The third kappa shape index (κ3) is 7.58. The molecule has 0 spiro atoms. The van der Waals surface area contributed by atoms with E-state index >= 15 is 0 Å². The molecule has 3 aromatic rings. The van der Waals surface area contributed by atoms with Crippen LogP contribution in [0.4, 0.5) is 11.4 Å². The Morgan fingerprint density at radius 3 is 2.39 bits per heavy atom. The number of anilines is 2. The predicted molar refractivity (Wildman–Crippen MR) is 169 cm³/mol. The fraction of sp³-hybridized carbons (Fsp3) is 0.394. The fourth-order valence-corrected chi connectivity index (χ4v) is 5.46. The van der Waals surface area contributed by atoms with Crippen molar-refractivity contribution in [3.05, 3.63) is 63.9 Å². The van der Waals surface area contributed by atoms with Crippen molar-refractivity contribution in [3.8, 4) is 34.3 Å². The summed E-state index contributed by atoms with van der Waals surface area (Å²) in [6.07, 6.45) is 5.45. The summed E-state index contributed by atoms with van der Waals surface area (Å²) in [5.74, 6) is 1.73. The van der Waals surface area contributed by atoms with Crippen LogP contribution >= 0.6 is 0 Å². The summed E-state index contributed by atoms with van der Waals surface area (Å²) in [4.78, 5) is 41.9. The van der Waals surface area contributed by atoms with E-state index in [9.17, 15) is 14.4 Å². The van der Waals surface area contributed by atoms with E-state index in [0.717, 1.165) is 29.5 Å². The first-order valence-corrected chi connectivity index (χ1v) is 14.6. The molecule has 234 valence electrons. The van der Waals surface area contributed by atoms with Crippen LogP contribution in [0.3, 0.4) is 0 Å². The van der Waals surface area contributed by atoms with Crippen molar-refractivity contribution in [2.24, 2.45) is 0 Å². The van der Waals surface area contributed by atoms with Crippen LogP contribution in [-0.4, -0.2) is 51.8 Å². The van der Waals surface area contributed by atoms with Gasteiger partial charge in [-0.3, -0.25) is 14.4 Å². The number of benzene rings is 1. The normalized spacial score (nSPS) is 13.4. The van der Waals surface area contributed by atoms with Crippen LogP contribution in [0.25, 0.3) is 11.1 Å². The number of aryl methyl sites for hydroxylation is 1. The molecule has 1 heterocycles. The smallest absolute Gasteiger partial charge is 0.224 e. The second kappa shape index (κ2) is 15.1. The average Bonchev–Trinajstić information content (AvgIpc) is 3.26. The lowest BCUT2D eigenvalue weighted by molar-refractivity contribution is -0.119. The van der Waals surface area contributed by atoms with Crippen LogP contribution in [0.15, 0.2) is 47.4 Å². The van der Waals surface area contributed by atoms with Crippen LogP contribution in [0.5, 0.6) is 23.1 Å². The zero-order chi connectivity index (χ0) is 31.6. The molecular formula is C33H40N4O7. The monoisotopic (exact) mass is 604 g/mol. The molecule has 0 radical (unpaired) electrons. The summed E-state index contributed by atoms with van der Waals surface area (Å²) in [6.45, 7) is 2.03. The summed E-state index contributed by atoms with van der Waals surface area (Å²) in [6, 6.07) is 10.3. The Kier molecular flexibility index (Phi) is 11.0. The Morgan fingerprint density at radius 2 is 1.73 bits per heavy atom. The van der Waals surface area contributed by atoms with E-state index in [1.54, 1.807) is 51.8 Å². The van der Waals surface area contributed by atoms with Crippen molar-refractivity contribution in [2.45, 2.75) is 51.5 Å². The average molecular weight is 605 g/mol. The number of hydrogen-bond donors (Lipinski definition) is 3. The molecule has 2 amide bonds. The van der Waals surface area contributed by atoms with Gasteiger partial charge in [-0.25, -0.2) is 4.98 Å². The number of nitrogens with zero attached hydrogens (tertiary/aromatic N) is 1. The molecule has 0 saturated carbocycles. The highest BCUT2D eigenvalue weighted by Crippen LogP contribution is 2.50. The topological polar surface area (TPSA) is 137 Å². The number of carbonyl (C=O) groups is 2. The molecule has 0 unspecified atom stereocenters. The van der Waals surface area contributed by atoms with Crippen molar-refractivity contribution in [2.75, 3.05) is 45.6 Å². The van der Waals surface area contributed by atoms with E-state index in [2.05, 4.69) is 20.9 Å². The molecule has 1 aliphatic carbocycles. The highest BCUT2D eigenvalue weighted by molar-refractivity contribution is 5.90. The number of methoxy groups -OCH3 is 4. The highest BCUT2D eigenvalue weighted by atomic mass is 16.5. The number of pyridine rings is 1. The van der Waals surface area contributed by atoms with Gasteiger partial charge in [-0.15, -0.1) is 0 Å². The van der Waals surface area contributed by atoms with Crippen LogP contribution < -0.4 is 40.3 Å². The number of fused-ring (bicyclic) bond motifs is 3. The molecule has 0 fully saturated rings. The molecule has 44 heavy (non-hydrogen) atoms. The molecule has 0 aliphatic heterocycles. The lowest BCUT2D eigenvalue weighted by Gasteiger charge is -2.19. The van der Waals surface area contributed by atoms with E-state index in [1.165, 1.54) is 14.0 Å². The van der Waals surface area contributed by atoms with Crippen molar-refractivity contribution in [3.63, 3.8) is 0 Å². The van der Waals surface area contributed by atoms with E-state index in [4.69, 9.17) is 18.9 Å². The summed E-state index contributed by atoms with van der Waals surface area (Å²) in [5.41, 5.74) is 4.14. The molecule has 3 N–H and O–H groups in total. The number of amides is 2. The summed E-state index contributed by atoms with van der Waals surface area (Å²) >= 11 is 0. The molecule has 2 aromatic carbocycles. The molecule has 11 nitrogen and oxygen atoms in total. The second-order valence-corrected chi connectivity index (χ2v) is 10.5. The first kappa shape index (κ1) is 32.1. The Labute approximate surface area is 257 Å². The Hall–Kier alpha value is -4.80. The fourth-order valence-electron chi connectivity index (χ4n) is 5.46. The third-order valence-corrected chi connectivity index (χ3v) is 7.54. The standard InChI is InChI=1S/C33H40N4O7/c1-20(38)36-25-13-10-21-17-28(41-2)32(43-4)33(44-5)31(21)23-12-14-26(27(39)18-24(23)25)34-16-8-6-7-9-29(40)37-22-11-15-30(42-3)35-19-22/h11-12,14-15,17-19,25H,6-10,13,16H2,1-5H3,(H,34,39)(H,36,38)(H,37,40)/t25-/m0/s1. The molecular weight excluding hydrogens is 564 g/mol. The minimum atomic E-state index is -0.371. The second-order valence-electron chi connectivity index (χ2n) is 10.5. The van der Waals surface area contributed by atoms with Crippen LogP contribution in [0.2, 0.25) is 0 Å². The largest absolute Gasteiger partial charge is 0.493 e. The van der Waals surface area contributed by atoms with E-state index in [-0.39, 0.29) is 23.3 Å². The van der Waals surface area contributed by atoms with Gasteiger partial charge >= 0.3 is 0 Å². The minimum Gasteiger partial charge on any atom is -0.493 e. The molecule has 4 rings (SSSR count). The van der Waals surface area contributed by atoms with E-state index in [0.29, 0.717) is 72.3 Å². The van der Waals surface area contributed by atoms with Gasteiger partial charge in [0.05, 0.1) is 52.1 Å². The van der Waals surface area contributed by atoms with E-state index in [1.807, 2.05) is 12.1 Å². The predicted octanol–water partition coefficient (Wildman–Crippen LogP) is 4.88. The first-order valence-electron chi connectivity index (χ1n) is 14.6. The number of rotatable bonds is 13. The highest BCUT2D eigenvalue weighted by Gasteiger charge is 2.29. The van der Waals surface area contributed by atoms with Gasteiger partial charge in [0.2, 0.25) is 28.9 Å². The number of unbranched alkanes of at least 4 members (excludes halogenated alkanes) is 2. The van der Waals surface area contributed by atoms with Crippen LogP contribution in [0, 0.1) is 0 Å². The summed E-state index contributed by atoms with van der Waals surface area (Å²) in [7, 11) is 6.24. The van der Waals surface area contributed by atoms with Gasteiger partial charge in [0, 0.05) is 31.5 Å². The first-order chi connectivity index (χ1) is 21.3. The van der Waals surface area contributed by atoms with E-state index < -0.39 is 0 Å². The van der Waals surface area contributed by atoms with Gasteiger partial charge in [0.25, 0.3) is 0 Å². The number of aromatic nitrogens is 1. The summed E-state index contributed by atoms with van der Waals surface area (Å²) in [5, 5.41) is 9.12.